The van der Waals surface area contributed by atoms with Crippen LogP contribution in [0.3, 0.4) is 0 Å². The quantitative estimate of drug-likeness (QED) is 0.387. The first kappa shape index (κ1) is 25.0. The van der Waals surface area contributed by atoms with E-state index in [1.165, 1.54) is 37.1 Å². The fraction of sp³-hybridized carbons (Fsp3) is 0.320. The summed E-state index contributed by atoms with van der Waals surface area (Å²) < 4.78 is 31.9. The van der Waals surface area contributed by atoms with Gasteiger partial charge >= 0.3 is 0 Å². The van der Waals surface area contributed by atoms with E-state index in [2.05, 4.69) is 26.1 Å². The molecule has 1 saturated heterocycles. The van der Waals surface area contributed by atoms with Crippen molar-refractivity contribution in [2.45, 2.75) is 41.7 Å². The number of halogens is 2. The Balaban J connectivity index is 1.49. The lowest BCUT2D eigenvalue weighted by molar-refractivity contribution is 0.0900. The van der Waals surface area contributed by atoms with E-state index in [4.69, 9.17) is 16.0 Å². The molecule has 1 aliphatic heterocycles. The Morgan fingerprint density at radius 1 is 0.971 bits per heavy atom. The lowest BCUT2D eigenvalue weighted by Crippen LogP contribution is -2.38. The van der Waals surface area contributed by atoms with Crippen molar-refractivity contribution in [2.24, 2.45) is 0 Å². The van der Waals surface area contributed by atoms with Crippen LogP contribution in [-0.2, 0) is 9.84 Å². The van der Waals surface area contributed by atoms with Crippen LogP contribution in [0.4, 0.5) is 0 Å². The zero-order valence-electron chi connectivity index (χ0n) is 18.5. The number of hydrogen-bond acceptors (Lipinski definition) is 5. The Morgan fingerprint density at radius 3 is 2.26 bits per heavy atom. The first-order valence-corrected chi connectivity index (χ1v) is 13.9. The first-order chi connectivity index (χ1) is 16.3. The highest BCUT2D eigenvalue weighted by Crippen LogP contribution is 2.27. The summed E-state index contributed by atoms with van der Waals surface area (Å²) >= 11 is 9.37. The van der Waals surface area contributed by atoms with Crippen molar-refractivity contribution in [1.82, 2.24) is 10.2 Å². The van der Waals surface area contributed by atoms with Crippen molar-refractivity contribution in [3.8, 4) is 0 Å². The van der Waals surface area contributed by atoms with Crippen LogP contribution in [0.5, 0.6) is 0 Å². The van der Waals surface area contributed by atoms with Crippen molar-refractivity contribution in [1.29, 1.82) is 0 Å². The maximum Gasteiger partial charge on any atom is 0.287 e. The Morgan fingerprint density at radius 2 is 1.62 bits per heavy atom. The number of nitrogens with one attached hydrogen (secondary N) is 1. The topological polar surface area (TPSA) is 79.6 Å². The van der Waals surface area contributed by atoms with E-state index in [0.717, 1.165) is 36.0 Å². The van der Waals surface area contributed by atoms with Crippen molar-refractivity contribution >= 4 is 43.3 Å². The van der Waals surface area contributed by atoms with Crippen LogP contribution in [0, 0.1) is 0 Å². The molecule has 6 nitrogen and oxygen atoms in total. The predicted octanol–water partition coefficient (Wildman–Crippen LogP) is 5.88. The second-order valence-corrected chi connectivity index (χ2v) is 11.5. The minimum atomic E-state index is -3.86. The molecular formula is C25H26BrClN2O4S. The molecule has 1 fully saturated rings. The van der Waals surface area contributed by atoms with Gasteiger partial charge in [0.15, 0.2) is 5.76 Å². The average Bonchev–Trinajstić information content (AvgIpc) is 3.19. The van der Waals surface area contributed by atoms with E-state index >= 15 is 0 Å². The molecule has 34 heavy (non-hydrogen) atoms. The van der Waals surface area contributed by atoms with Gasteiger partial charge in [0.05, 0.1) is 10.9 Å². The monoisotopic (exact) mass is 564 g/mol. The third-order valence-corrected chi connectivity index (χ3v) is 8.41. The van der Waals surface area contributed by atoms with Crippen LogP contribution in [-0.4, -0.2) is 38.9 Å². The number of furan rings is 1. The molecule has 0 radical (unpaired) electrons. The Labute approximate surface area is 213 Å². The molecule has 1 N–H and O–H groups in total. The molecule has 0 spiro atoms. The number of nitrogens with zero attached hydrogens (tertiary/aromatic N) is 1. The Kier molecular flexibility index (Phi) is 8.14. The van der Waals surface area contributed by atoms with E-state index in [1.54, 1.807) is 12.1 Å². The molecule has 0 saturated carbocycles. The summed E-state index contributed by atoms with van der Waals surface area (Å²) in [4.78, 5) is 15.4. The van der Waals surface area contributed by atoms with E-state index in [-0.39, 0.29) is 21.8 Å². The molecule has 9 heteroatoms. The van der Waals surface area contributed by atoms with Gasteiger partial charge < -0.3 is 9.73 Å². The fourth-order valence-corrected chi connectivity index (χ4v) is 5.71. The van der Waals surface area contributed by atoms with Gasteiger partial charge in [-0.25, -0.2) is 8.42 Å². The van der Waals surface area contributed by atoms with Gasteiger partial charge in [-0.1, -0.05) is 52.5 Å². The summed E-state index contributed by atoms with van der Waals surface area (Å²) in [5, 5.41) is 3.34. The normalized spacial score (nSPS) is 16.1. The Hall–Kier alpha value is -2.13. The molecule has 1 atom stereocenters. The zero-order chi connectivity index (χ0) is 24.1. The van der Waals surface area contributed by atoms with Gasteiger partial charge in [0, 0.05) is 16.0 Å². The number of hydrogen-bond donors (Lipinski definition) is 1. The molecule has 0 bridgehead atoms. The van der Waals surface area contributed by atoms with Gasteiger partial charge in [0.2, 0.25) is 14.9 Å². The van der Waals surface area contributed by atoms with Crippen molar-refractivity contribution < 1.29 is 17.6 Å². The maximum atomic E-state index is 12.9. The number of benzene rings is 2. The fourth-order valence-electron chi connectivity index (χ4n) is 4.14. The number of sulfone groups is 1. The molecule has 180 valence electrons. The van der Waals surface area contributed by atoms with Crippen molar-refractivity contribution in [3.63, 3.8) is 0 Å². The van der Waals surface area contributed by atoms with Crippen LogP contribution >= 0.6 is 27.5 Å². The Bertz CT molecular complexity index is 1220. The molecule has 4 rings (SSSR count). The summed E-state index contributed by atoms with van der Waals surface area (Å²) in [7, 11) is -3.86. The molecule has 1 aromatic heterocycles. The molecule has 0 aliphatic carbocycles. The molecule has 1 aliphatic rings. The minimum Gasteiger partial charge on any atom is -0.439 e. The summed E-state index contributed by atoms with van der Waals surface area (Å²) in [6, 6.07) is 16.6. The van der Waals surface area contributed by atoms with Gasteiger partial charge in [0.25, 0.3) is 5.91 Å². The third-order valence-electron chi connectivity index (χ3n) is 5.99. The summed E-state index contributed by atoms with van der Waals surface area (Å²) in [6.45, 7) is 2.29. The minimum absolute atomic E-state index is 0.0137. The third kappa shape index (κ3) is 5.92. The van der Waals surface area contributed by atoms with Crippen LogP contribution in [0.15, 0.2) is 79.5 Å². The molecule has 3 aromatic rings. The lowest BCUT2D eigenvalue weighted by Gasteiger charge is -2.31. The van der Waals surface area contributed by atoms with Crippen molar-refractivity contribution in [2.75, 3.05) is 19.6 Å². The standard InChI is InChI=1S/C25H26BrClN2O4S/c26-19-7-11-21(12-8-19)34(31,32)24-14-13-23(33-24)25(30)28-17-22(18-5-9-20(27)10-6-18)29-15-3-1-2-4-16-29/h5-14,22H,1-4,15-17H2,(H,28,30). The number of carbonyl (C=O) groups is 1. The number of carbonyl (C=O) groups excluding carboxylic acids is 1. The predicted molar refractivity (Wildman–Crippen MR) is 135 cm³/mol. The molecule has 1 unspecified atom stereocenters. The highest BCUT2D eigenvalue weighted by atomic mass is 79.9. The van der Waals surface area contributed by atoms with Gasteiger partial charge in [-0.3, -0.25) is 9.69 Å². The lowest BCUT2D eigenvalue weighted by atomic mass is 10.0. The van der Waals surface area contributed by atoms with Gasteiger partial charge in [-0.15, -0.1) is 0 Å². The van der Waals surface area contributed by atoms with E-state index in [9.17, 15) is 13.2 Å². The number of rotatable bonds is 7. The largest absolute Gasteiger partial charge is 0.439 e. The smallest absolute Gasteiger partial charge is 0.287 e. The van der Waals surface area contributed by atoms with Gasteiger partial charge in [0.1, 0.15) is 0 Å². The van der Waals surface area contributed by atoms with E-state index in [1.807, 2.05) is 24.3 Å². The summed E-state index contributed by atoms with van der Waals surface area (Å²) in [5.74, 6) is -0.493. The van der Waals surface area contributed by atoms with Crippen LogP contribution in [0.1, 0.15) is 47.8 Å². The molecular weight excluding hydrogens is 540 g/mol. The van der Waals surface area contributed by atoms with Crippen molar-refractivity contribution in [3.05, 3.63) is 81.5 Å². The summed E-state index contributed by atoms with van der Waals surface area (Å²) in [6.07, 6.45) is 4.65. The summed E-state index contributed by atoms with van der Waals surface area (Å²) in [5.41, 5.74) is 1.07. The molecule has 2 aromatic carbocycles. The van der Waals surface area contributed by atoms with Gasteiger partial charge in [-0.05, 0) is 80.0 Å². The van der Waals surface area contributed by atoms with E-state index in [0.29, 0.717) is 11.6 Å². The highest BCUT2D eigenvalue weighted by Gasteiger charge is 2.26. The first-order valence-electron chi connectivity index (χ1n) is 11.2. The van der Waals surface area contributed by atoms with Crippen LogP contribution in [0.2, 0.25) is 5.02 Å². The second-order valence-electron chi connectivity index (χ2n) is 8.30. The molecule has 1 amide bonds. The SMILES string of the molecule is O=C(NCC(c1ccc(Cl)cc1)N1CCCCCC1)c1ccc(S(=O)(=O)c2ccc(Br)cc2)o1. The van der Waals surface area contributed by atoms with Crippen LogP contribution < -0.4 is 5.32 Å². The zero-order valence-corrected chi connectivity index (χ0v) is 21.7. The molecule has 2 heterocycles. The second kappa shape index (κ2) is 11.1. The average molecular weight is 566 g/mol. The van der Waals surface area contributed by atoms with Crippen LogP contribution in [0.25, 0.3) is 0 Å². The maximum absolute atomic E-state index is 12.9. The number of likely N-dealkylation sites (tertiary alicyclic amines) is 1. The highest BCUT2D eigenvalue weighted by molar-refractivity contribution is 9.10. The number of amides is 1. The van der Waals surface area contributed by atoms with Gasteiger partial charge in [-0.2, -0.15) is 0 Å². The van der Waals surface area contributed by atoms with E-state index < -0.39 is 15.7 Å².